The van der Waals surface area contributed by atoms with Gasteiger partial charge in [-0.05, 0) is 24.6 Å². The van der Waals surface area contributed by atoms with E-state index >= 15 is 0 Å². The Bertz CT molecular complexity index is 526. The molecule has 0 bridgehead atoms. The zero-order valence-electron chi connectivity index (χ0n) is 11.6. The molecule has 0 aliphatic carbocycles. The molecule has 6 heteroatoms. The lowest BCUT2D eigenvalue weighted by Crippen LogP contribution is -2.20. The average Bonchev–Trinajstić information content (AvgIpc) is 2.46. The second-order valence-corrected chi connectivity index (χ2v) is 4.75. The van der Waals surface area contributed by atoms with Crippen molar-refractivity contribution in [1.82, 2.24) is 0 Å². The maximum absolute atomic E-state index is 12.1. The summed E-state index contributed by atoms with van der Waals surface area (Å²) < 4.78 is 9.95. The number of hydrogen-bond donors (Lipinski definition) is 0. The van der Waals surface area contributed by atoms with Crippen LogP contribution in [0.4, 0.5) is 0 Å². The van der Waals surface area contributed by atoms with Gasteiger partial charge in [0, 0.05) is 10.9 Å². The fourth-order valence-electron chi connectivity index (χ4n) is 1.51. The van der Waals surface area contributed by atoms with E-state index < -0.39 is 11.8 Å². The maximum atomic E-state index is 12.1. The molecule has 21 heavy (non-hydrogen) atoms. The van der Waals surface area contributed by atoms with Gasteiger partial charge in [-0.15, -0.1) is 11.6 Å². The van der Waals surface area contributed by atoms with Gasteiger partial charge in [-0.3, -0.25) is 4.79 Å². The van der Waals surface area contributed by atoms with Gasteiger partial charge in [0.05, 0.1) is 13.2 Å². The molecule has 0 amide bonds. The largest absolute Gasteiger partial charge is 0.462 e. The molecule has 0 spiro atoms. The molecule has 4 nitrogen and oxygen atoms in total. The second kappa shape index (κ2) is 9.55. The summed E-state index contributed by atoms with van der Waals surface area (Å²) in [7, 11) is 0. The first-order valence-corrected chi connectivity index (χ1v) is 7.31. The molecule has 1 aromatic rings. The normalized spacial score (nSPS) is 11.3. The first-order chi connectivity index (χ1) is 10.1. The summed E-state index contributed by atoms with van der Waals surface area (Å²) in [6.45, 7) is 1.84. The third-order valence-corrected chi connectivity index (χ3v) is 2.95. The van der Waals surface area contributed by atoms with Gasteiger partial charge in [0.2, 0.25) is 0 Å². The SMILES string of the molecule is CCOC(=O)C(=Cc1ccccc1Cl)C(=O)COCCCl. The third kappa shape index (κ3) is 5.87. The van der Waals surface area contributed by atoms with Crippen LogP contribution in [-0.2, 0) is 19.1 Å². The van der Waals surface area contributed by atoms with Crippen LogP contribution in [0.15, 0.2) is 29.8 Å². The Morgan fingerprint density at radius 1 is 1.29 bits per heavy atom. The molecule has 0 aliphatic rings. The van der Waals surface area contributed by atoms with E-state index in [-0.39, 0.29) is 31.3 Å². The summed E-state index contributed by atoms with van der Waals surface area (Å²) in [4.78, 5) is 24.0. The molecule has 0 aliphatic heterocycles. The van der Waals surface area contributed by atoms with Crippen LogP contribution in [0.5, 0.6) is 0 Å². The van der Waals surface area contributed by atoms with Crippen LogP contribution in [0.3, 0.4) is 0 Å². The first kappa shape index (κ1) is 17.7. The minimum Gasteiger partial charge on any atom is -0.462 e. The zero-order chi connectivity index (χ0) is 15.7. The third-order valence-electron chi connectivity index (χ3n) is 2.46. The number of ketones is 1. The van der Waals surface area contributed by atoms with E-state index in [1.807, 2.05) is 0 Å². The number of carbonyl (C=O) groups excluding carboxylic acids is 2. The number of rotatable bonds is 8. The lowest BCUT2D eigenvalue weighted by atomic mass is 10.1. The molecule has 0 atom stereocenters. The Hall–Kier alpha value is -1.36. The molecule has 0 unspecified atom stereocenters. The van der Waals surface area contributed by atoms with Gasteiger partial charge >= 0.3 is 5.97 Å². The van der Waals surface area contributed by atoms with Gasteiger partial charge < -0.3 is 9.47 Å². The van der Waals surface area contributed by atoms with Crippen LogP contribution in [0.1, 0.15) is 12.5 Å². The average molecular weight is 331 g/mol. The number of carbonyl (C=O) groups is 2. The number of ether oxygens (including phenoxy) is 2. The van der Waals surface area contributed by atoms with Crippen LogP contribution < -0.4 is 0 Å². The van der Waals surface area contributed by atoms with E-state index in [1.54, 1.807) is 31.2 Å². The van der Waals surface area contributed by atoms with Gasteiger partial charge in [-0.2, -0.15) is 0 Å². The van der Waals surface area contributed by atoms with Crippen molar-refractivity contribution < 1.29 is 19.1 Å². The number of esters is 1. The molecular formula is C15H16Cl2O4. The lowest BCUT2D eigenvalue weighted by Gasteiger charge is -2.07. The van der Waals surface area contributed by atoms with Gasteiger partial charge in [0.1, 0.15) is 12.2 Å². The van der Waals surface area contributed by atoms with Crippen molar-refractivity contribution in [2.24, 2.45) is 0 Å². The molecule has 1 aromatic carbocycles. The van der Waals surface area contributed by atoms with E-state index in [4.69, 9.17) is 32.7 Å². The van der Waals surface area contributed by atoms with Gasteiger partial charge in [-0.25, -0.2) is 4.79 Å². The Morgan fingerprint density at radius 3 is 2.62 bits per heavy atom. The Balaban J connectivity index is 2.99. The minimum absolute atomic E-state index is 0.0977. The zero-order valence-corrected chi connectivity index (χ0v) is 13.1. The van der Waals surface area contributed by atoms with Crippen molar-refractivity contribution in [3.8, 4) is 0 Å². The molecule has 0 aromatic heterocycles. The van der Waals surface area contributed by atoms with Gasteiger partial charge in [-0.1, -0.05) is 29.8 Å². The number of benzene rings is 1. The molecule has 1 rings (SSSR count). The van der Waals surface area contributed by atoms with Crippen molar-refractivity contribution in [3.63, 3.8) is 0 Å². The molecule has 0 saturated heterocycles. The van der Waals surface area contributed by atoms with Crippen molar-refractivity contribution in [2.45, 2.75) is 6.92 Å². The van der Waals surface area contributed by atoms with Crippen molar-refractivity contribution in [3.05, 3.63) is 40.4 Å². The van der Waals surface area contributed by atoms with E-state index in [9.17, 15) is 9.59 Å². The van der Waals surface area contributed by atoms with Crippen LogP contribution in [0.2, 0.25) is 5.02 Å². The summed E-state index contributed by atoms with van der Waals surface area (Å²) in [5.74, 6) is -0.897. The van der Waals surface area contributed by atoms with Crippen LogP contribution in [-0.4, -0.2) is 37.5 Å². The van der Waals surface area contributed by atoms with Crippen molar-refractivity contribution in [2.75, 3.05) is 25.7 Å². The summed E-state index contributed by atoms with van der Waals surface area (Å²) in [6.07, 6.45) is 1.41. The predicted octanol–water partition coefficient (Wildman–Crippen LogP) is 3.11. The number of alkyl halides is 1. The Kier molecular flexibility index (Phi) is 8.05. The maximum Gasteiger partial charge on any atom is 0.341 e. The first-order valence-electron chi connectivity index (χ1n) is 6.40. The van der Waals surface area contributed by atoms with Crippen LogP contribution >= 0.6 is 23.2 Å². The number of Topliss-reactive ketones (excluding diaryl/α,β-unsaturated/α-hetero) is 1. The van der Waals surface area contributed by atoms with Crippen molar-refractivity contribution in [1.29, 1.82) is 0 Å². The highest BCUT2D eigenvalue weighted by Crippen LogP contribution is 2.19. The predicted molar refractivity (Wildman–Crippen MR) is 82.6 cm³/mol. The van der Waals surface area contributed by atoms with Crippen LogP contribution in [0, 0.1) is 0 Å². The smallest absolute Gasteiger partial charge is 0.341 e. The molecule has 0 saturated carbocycles. The topological polar surface area (TPSA) is 52.6 Å². The number of halogens is 2. The summed E-state index contributed by atoms with van der Waals surface area (Å²) in [6, 6.07) is 6.89. The van der Waals surface area contributed by atoms with E-state index in [0.717, 1.165) is 0 Å². The summed E-state index contributed by atoms with van der Waals surface area (Å²) >= 11 is 11.5. The fraction of sp³-hybridized carbons (Fsp3) is 0.333. The second-order valence-electron chi connectivity index (χ2n) is 3.96. The van der Waals surface area contributed by atoms with Gasteiger partial charge in [0.25, 0.3) is 0 Å². The minimum atomic E-state index is -0.697. The van der Waals surface area contributed by atoms with E-state index in [0.29, 0.717) is 10.6 Å². The molecule has 0 N–H and O–H groups in total. The van der Waals surface area contributed by atoms with E-state index in [2.05, 4.69) is 0 Å². The van der Waals surface area contributed by atoms with Crippen molar-refractivity contribution >= 4 is 41.0 Å². The molecule has 114 valence electrons. The highest BCUT2D eigenvalue weighted by molar-refractivity contribution is 6.32. The summed E-state index contributed by atoms with van der Waals surface area (Å²) in [5.41, 5.74) is 0.465. The Morgan fingerprint density at radius 2 is 2.00 bits per heavy atom. The Labute approximate surface area is 133 Å². The van der Waals surface area contributed by atoms with Gasteiger partial charge in [0.15, 0.2) is 5.78 Å². The van der Waals surface area contributed by atoms with E-state index in [1.165, 1.54) is 6.08 Å². The number of hydrogen-bond acceptors (Lipinski definition) is 4. The highest BCUT2D eigenvalue weighted by atomic mass is 35.5. The summed E-state index contributed by atoms with van der Waals surface area (Å²) in [5, 5.41) is 0.439. The standard InChI is InChI=1S/C15H16Cl2O4/c1-2-21-15(19)12(14(18)10-20-8-7-16)9-11-5-3-4-6-13(11)17/h3-6,9H,2,7-8,10H2,1H3. The van der Waals surface area contributed by atoms with Crippen LogP contribution in [0.25, 0.3) is 6.08 Å². The fourth-order valence-corrected chi connectivity index (χ4v) is 1.81. The molecule has 0 heterocycles. The molecule has 0 fully saturated rings. The lowest BCUT2D eigenvalue weighted by molar-refractivity contribution is -0.140. The highest BCUT2D eigenvalue weighted by Gasteiger charge is 2.20. The monoisotopic (exact) mass is 330 g/mol. The quantitative estimate of drug-likeness (QED) is 0.183. The molecule has 0 radical (unpaired) electrons. The molecular weight excluding hydrogens is 315 g/mol.